The normalized spacial score (nSPS) is 15.3. The van der Waals surface area contributed by atoms with E-state index in [4.69, 9.17) is 0 Å². The molecule has 1 atom stereocenters. The zero-order valence-corrected chi connectivity index (χ0v) is 8.72. The van der Waals surface area contributed by atoms with E-state index in [9.17, 15) is 0 Å². The van der Waals surface area contributed by atoms with Gasteiger partial charge in [0.1, 0.15) is 0 Å². The van der Waals surface area contributed by atoms with Gasteiger partial charge in [-0.3, -0.25) is 0 Å². The zero-order valence-electron chi connectivity index (χ0n) is 7.90. The number of thioether (sulfide) groups is 1. The van der Waals surface area contributed by atoms with E-state index in [2.05, 4.69) is 34.0 Å². The Kier molecular flexibility index (Phi) is 4.42. The molecular formula is C9H20S. The number of hydrogen-bond acceptors (Lipinski definition) is 1. The standard InChI is InChI=1S/C9H20S/c1-6-7-9(3,4)8(2)10-5/h8H,6-7H2,1-5H3. The van der Waals surface area contributed by atoms with Crippen LogP contribution in [0.25, 0.3) is 0 Å². The number of rotatable bonds is 4. The summed E-state index contributed by atoms with van der Waals surface area (Å²) in [5.74, 6) is 0. The first kappa shape index (κ1) is 10.3. The third kappa shape index (κ3) is 2.96. The van der Waals surface area contributed by atoms with Gasteiger partial charge in [0.2, 0.25) is 0 Å². The van der Waals surface area contributed by atoms with E-state index in [1.54, 1.807) is 0 Å². The molecule has 0 spiro atoms. The van der Waals surface area contributed by atoms with Crippen LogP contribution in [0.2, 0.25) is 0 Å². The second-order valence-electron chi connectivity index (χ2n) is 3.62. The van der Waals surface area contributed by atoms with Crippen molar-refractivity contribution in [3.05, 3.63) is 0 Å². The van der Waals surface area contributed by atoms with Gasteiger partial charge in [0.05, 0.1) is 0 Å². The fraction of sp³-hybridized carbons (Fsp3) is 1.00. The highest BCUT2D eigenvalue weighted by molar-refractivity contribution is 7.99. The summed E-state index contributed by atoms with van der Waals surface area (Å²) in [5, 5.41) is 0.785. The fourth-order valence-corrected chi connectivity index (χ4v) is 1.92. The van der Waals surface area contributed by atoms with Gasteiger partial charge in [0.15, 0.2) is 0 Å². The van der Waals surface area contributed by atoms with E-state index < -0.39 is 0 Å². The lowest BCUT2D eigenvalue weighted by Crippen LogP contribution is -2.23. The Bertz CT molecular complexity index is 86.7. The van der Waals surface area contributed by atoms with Gasteiger partial charge in [0, 0.05) is 5.25 Å². The minimum absolute atomic E-state index is 0.522. The van der Waals surface area contributed by atoms with Crippen LogP contribution in [-0.2, 0) is 0 Å². The van der Waals surface area contributed by atoms with Crippen LogP contribution in [0.1, 0.15) is 40.5 Å². The topological polar surface area (TPSA) is 0 Å². The fourth-order valence-electron chi connectivity index (χ4n) is 1.17. The lowest BCUT2D eigenvalue weighted by molar-refractivity contribution is 0.330. The first-order chi connectivity index (χ1) is 4.54. The van der Waals surface area contributed by atoms with E-state index in [0.29, 0.717) is 5.41 Å². The molecule has 1 heteroatoms. The summed E-state index contributed by atoms with van der Waals surface area (Å²) in [7, 11) is 0. The minimum atomic E-state index is 0.522. The molecule has 0 aliphatic carbocycles. The highest BCUT2D eigenvalue weighted by atomic mass is 32.2. The van der Waals surface area contributed by atoms with E-state index in [-0.39, 0.29) is 0 Å². The smallest absolute Gasteiger partial charge is 0.00671 e. The first-order valence-corrected chi connectivity index (χ1v) is 5.36. The maximum Gasteiger partial charge on any atom is 0.00671 e. The quantitative estimate of drug-likeness (QED) is 0.606. The molecule has 0 nitrogen and oxygen atoms in total. The Hall–Kier alpha value is 0.350. The van der Waals surface area contributed by atoms with Crippen molar-refractivity contribution >= 4 is 11.8 Å². The van der Waals surface area contributed by atoms with Crippen molar-refractivity contribution in [2.45, 2.75) is 45.8 Å². The molecule has 0 N–H and O–H groups in total. The van der Waals surface area contributed by atoms with Crippen molar-refractivity contribution in [3.8, 4) is 0 Å². The maximum atomic E-state index is 2.36. The molecule has 0 aliphatic rings. The summed E-state index contributed by atoms with van der Waals surface area (Å²) < 4.78 is 0. The van der Waals surface area contributed by atoms with Crippen molar-refractivity contribution in [3.63, 3.8) is 0 Å². The van der Waals surface area contributed by atoms with Crippen LogP contribution >= 0.6 is 11.8 Å². The summed E-state index contributed by atoms with van der Waals surface area (Å²) in [6.45, 7) is 9.30. The largest absolute Gasteiger partial charge is 0.162 e. The Morgan fingerprint density at radius 1 is 1.40 bits per heavy atom. The molecule has 0 bridgehead atoms. The third-order valence-electron chi connectivity index (χ3n) is 2.35. The SMILES string of the molecule is CCCC(C)(C)C(C)SC. The van der Waals surface area contributed by atoms with E-state index in [1.807, 2.05) is 11.8 Å². The highest BCUT2D eigenvalue weighted by Crippen LogP contribution is 2.33. The van der Waals surface area contributed by atoms with E-state index in [0.717, 1.165) is 5.25 Å². The van der Waals surface area contributed by atoms with E-state index >= 15 is 0 Å². The number of hydrogen-bond donors (Lipinski definition) is 0. The monoisotopic (exact) mass is 160 g/mol. The van der Waals surface area contributed by atoms with Crippen molar-refractivity contribution in [1.82, 2.24) is 0 Å². The van der Waals surface area contributed by atoms with Crippen LogP contribution in [0.5, 0.6) is 0 Å². The van der Waals surface area contributed by atoms with Crippen LogP contribution in [-0.4, -0.2) is 11.5 Å². The summed E-state index contributed by atoms with van der Waals surface area (Å²) >= 11 is 1.97. The molecule has 0 saturated heterocycles. The summed E-state index contributed by atoms with van der Waals surface area (Å²) in [6.07, 6.45) is 4.84. The molecule has 10 heavy (non-hydrogen) atoms. The van der Waals surface area contributed by atoms with Gasteiger partial charge in [-0.05, 0) is 18.1 Å². The van der Waals surface area contributed by atoms with Gasteiger partial charge in [-0.2, -0.15) is 11.8 Å². The van der Waals surface area contributed by atoms with Gasteiger partial charge in [-0.25, -0.2) is 0 Å². The molecule has 62 valence electrons. The van der Waals surface area contributed by atoms with Crippen LogP contribution < -0.4 is 0 Å². The minimum Gasteiger partial charge on any atom is -0.162 e. The Balaban J connectivity index is 3.82. The van der Waals surface area contributed by atoms with Gasteiger partial charge in [-0.15, -0.1) is 0 Å². The van der Waals surface area contributed by atoms with Crippen molar-refractivity contribution in [2.24, 2.45) is 5.41 Å². The average Bonchev–Trinajstić information content (AvgIpc) is 1.86. The molecule has 0 aliphatic heterocycles. The molecule has 0 fully saturated rings. The summed E-state index contributed by atoms with van der Waals surface area (Å²) in [6, 6.07) is 0. The second kappa shape index (κ2) is 4.27. The molecule has 1 unspecified atom stereocenters. The molecule has 0 aromatic carbocycles. The van der Waals surface area contributed by atoms with Crippen molar-refractivity contribution < 1.29 is 0 Å². The van der Waals surface area contributed by atoms with Gasteiger partial charge >= 0.3 is 0 Å². The molecule has 0 aromatic rings. The predicted octanol–water partition coefficient (Wildman–Crippen LogP) is 3.56. The van der Waals surface area contributed by atoms with Crippen LogP contribution in [0, 0.1) is 5.41 Å². The van der Waals surface area contributed by atoms with Gasteiger partial charge < -0.3 is 0 Å². The highest BCUT2D eigenvalue weighted by Gasteiger charge is 2.23. The van der Waals surface area contributed by atoms with E-state index in [1.165, 1.54) is 12.8 Å². The summed E-state index contributed by atoms with van der Waals surface area (Å²) in [4.78, 5) is 0. The van der Waals surface area contributed by atoms with Gasteiger partial charge in [0.25, 0.3) is 0 Å². The lowest BCUT2D eigenvalue weighted by atomic mass is 9.85. The van der Waals surface area contributed by atoms with Crippen LogP contribution in [0.15, 0.2) is 0 Å². The molecular weight excluding hydrogens is 140 g/mol. The van der Waals surface area contributed by atoms with Crippen LogP contribution in [0.3, 0.4) is 0 Å². The predicted molar refractivity (Wildman–Crippen MR) is 51.7 cm³/mol. The zero-order chi connectivity index (χ0) is 8.20. The third-order valence-corrected chi connectivity index (χ3v) is 3.69. The van der Waals surface area contributed by atoms with Crippen molar-refractivity contribution in [2.75, 3.05) is 6.26 Å². The molecule has 0 heterocycles. The lowest BCUT2D eigenvalue weighted by Gasteiger charge is -2.30. The Labute approximate surface area is 69.8 Å². The summed E-state index contributed by atoms with van der Waals surface area (Å²) in [5.41, 5.74) is 0.522. The Morgan fingerprint density at radius 2 is 1.90 bits per heavy atom. The molecule has 0 amide bonds. The molecule has 0 aromatic heterocycles. The maximum absolute atomic E-state index is 2.36. The molecule has 0 saturated carbocycles. The average molecular weight is 160 g/mol. The second-order valence-corrected chi connectivity index (χ2v) is 4.80. The molecule has 0 radical (unpaired) electrons. The first-order valence-electron chi connectivity index (χ1n) is 4.07. The van der Waals surface area contributed by atoms with Crippen LogP contribution in [0.4, 0.5) is 0 Å². The van der Waals surface area contributed by atoms with Gasteiger partial charge in [-0.1, -0.05) is 34.1 Å². The molecule has 0 rings (SSSR count). The van der Waals surface area contributed by atoms with Crippen molar-refractivity contribution in [1.29, 1.82) is 0 Å². The Morgan fingerprint density at radius 3 is 2.20 bits per heavy atom.